The van der Waals surface area contributed by atoms with Gasteiger partial charge in [-0.1, -0.05) is 0 Å². The first-order valence-corrected chi connectivity index (χ1v) is 6.03. The molecule has 0 bridgehead atoms. The van der Waals surface area contributed by atoms with Crippen molar-refractivity contribution in [3.05, 3.63) is 0 Å². The van der Waals surface area contributed by atoms with Gasteiger partial charge in [0, 0.05) is 24.8 Å². The Labute approximate surface area is 89.5 Å². The van der Waals surface area contributed by atoms with E-state index < -0.39 is 0 Å². The minimum atomic E-state index is 0.0399. The molecule has 0 saturated carbocycles. The van der Waals surface area contributed by atoms with Gasteiger partial charge in [0.05, 0.1) is 12.5 Å². The molecular formula is C10H16N2OS. The van der Waals surface area contributed by atoms with Gasteiger partial charge in [-0.05, 0) is 19.1 Å². The van der Waals surface area contributed by atoms with Crippen LogP contribution in [0.5, 0.6) is 0 Å². The molecule has 1 heterocycles. The number of nitriles is 1. The first-order chi connectivity index (χ1) is 6.66. The molecule has 2 atom stereocenters. The lowest BCUT2D eigenvalue weighted by Crippen LogP contribution is -2.39. The Balaban J connectivity index is 2.47. The molecule has 3 nitrogen and oxygen atoms in total. The first-order valence-electron chi connectivity index (χ1n) is 4.88. The van der Waals surface area contributed by atoms with Gasteiger partial charge in [0.1, 0.15) is 0 Å². The third-order valence-electron chi connectivity index (χ3n) is 2.67. The van der Waals surface area contributed by atoms with Gasteiger partial charge in [0.15, 0.2) is 0 Å². The van der Waals surface area contributed by atoms with Gasteiger partial charge >= 0.3 is 0 Å². The molecule has 1 rings (SSSR count). The van der Waals surface area contributed by atoms with Crippen LogP contribution in [0.25, 0.3) is 0 Å². The number of carbonyl (C=O) groups excluding carboxylic acids is 1. The van der Waals surface area contributed by atoms with Gasteiger partial charge in [-0.15, -0.1) is 0 Å². The number of nitrogens with zero attached hydrogens (tertiary/aromatic N) is 2. The van der Waals surface area contributed by atoms with Crippen molar-refractivity contribution in [2.24, 2.45) is 5.92 Å². The average Bonchev–Trinajstić information content (AvgIpc) is 2.68. The number of hydrogen-bond donors (Lipinski definition) is 0. The number of thioether (sulfide) groups is 1. The molecule has 1 aliphatic heterocycles. The summed E-state index contributed by atoms with van der Waals surface area (Å²) < 4.78 is 0. The summed E-state index contributed by atoms with van der Waals surface area (Å²) >= 11 is 1.84. The lowest BCUT2D eigenvalue weighted by Gasteiger charge is -2.25. The van der Waals surface area contributed by atoms with Gasteiger partial charge in [-0.25, -0.2) is 0 Å². The molecule has 1 amide bonds. The fourth-order valence-electron chi connectivity index (χ4n) is 1.50. The quantitative estimate of drug-likeness (QED) is 0.712. The van der Waals surface area contributed by atoms with Crippen LogP contribution in [0.3, 0.4) is 0 Å². The zero-order chi connectivity index (χ0) is 10.6. The van der Waals surface area contributed by atoms with Crippen molar-refractivity contribution in [1.29, 1.82) is 5.26 Å². The Morgan fingerprint density at radius 1 is 1.79 bits per heavy atom. The van der Waals surface area contributed by atoms with E-state index in [1.54, 1.807) is 11.9 Å². The van der Waals surface area contributed by atoms with E-state index in [0.29, 0.717) is 6.42 Å². The molecule has 0 spiro atoms. The number of hydrogen-bond acceptors (Lipinski definition) is 3. The van der Waals surface area contributed by atoms with E-state index in [1.165, 1.54) is 0 Å². The summed E-state index contributed by atoms with van der Waals surface area (Å²) in [5.41, 5.74) is 0. The van der Waals surface area contributed by atoms with Crippen molar-refractivity contribution in [3.63, 3.8) is 0 Å². The van der Waals surface area contributed by atoms with Crippen molar-refractivity contribution in [2.75, 3.05) is 18.6 Å². The summed E-state index contributed by atoms with van der Waals surface area (Å²) in [6, 6.07) is 2.13. The maximum absolute atomic E-state index is 11.9. The number of carbonyl (C=O) groups is 1. The van der Waals surface area contributed by atoms with E-state index in [2.05, 4.69) is 6.07 Å². The van der Waals surface area contributed by atoms with Crippen LogP contribution in [0.1, 0.15) is 19.8 Å². The van der Waals surface area contributed by atoms with Gasteiger partial charge in [-0.2, -0.15) is 17.0 Å². The van der Waals surface area contributed by atoms with Crippen LogP contribution < -0.4 is 0 Å². The Bertz CT molecular complexity index is 243. The van der Waals surface area contributed by atoms with E-state index in [-0.39, 0.29) is 17.9 Å². The molecule has 4 heteroatoms. The van der Waals surface area contributed by atoms with Crippen LogP contribution in [0.15, 0.2) is 0 Å². The van der Waals surface area contributed by atoms with Crippen molar-refractivity contribution in [3.8, 4) is 6.07 Å². The average molecular weight is 212 g/mol. The topological polar surface area (TPSA) is 44.1 Å². The first kappa shape index (κ1) is 11.4. The van der Waals surface area contributed by atoms with E-state index in [1.807, 2.05) is 18.7 Å². The highest BCUT2D eigenvalue weighted by Crippen LogP contribution is 2.25. The van der Waals surface area contributed by atoms with Crippen LogP contribution in [-0.4, -0.2) is 35.4 Å². The predicted octanol–water partition coefficient (Wildman–Crippen LogP) is 1.50. The molecule has 78 valence electrons. The van der Waals surface area contributed by atoms with Crippen LogP contribution in [0, 0.1) is 17.2 Å². The Kier molecular flexibility index (Phi) is 4.27. The van der Waals surface area contributed by atoms with Gasteiger partial charge < -0.3 is 4.90 Å². The summed E-state index contributed by atoms with van der Waals surface area (Å²) in [5, 5.41) is 8.54. The third-order valence-corrected chi connectivity index (χ3v) is 3.84. The van der Waals surface area contributed by atoms with Crippen molar-refractivity contribution in [2.45, 2.75) is 25.8 Å². The molecule has 14 heavy (non-hydrogen) atoms. The van der Waals surface area contributed by atoms with Crippen molar-refractivity contribution >= 4 is 17.7 Å². The van der Waals surface area contributed by atoms with E-state index in [9.17, 15) is 4.79 Å². The highest BCUT2D eigenvalue weighted by Gasteiger charge is 2.27. The molecule has 0 radical (unpaired) electrons. The smallest absolute Gasteiger partial charge is 0.226 e. The summed E-state index contributed by atoms with van der Waals surface area (Å²) in [6.45, 7) is 1.92. The van der Waals surface area contributed by atoms with Crippen LogP contribution in [0.2, 0.25) is 0 Å². The predicted molar refractivity (Wildman–Crippen MR) is 57.9 cm³/mol. The van der Waals surface area contributed by atoms with E-state index in [4.69, 9.17) is 5.26 Å². The SMILES string of the molecule is CC(CC#N)N(C)C(=O)C1CCSC1. The highest BCUT2D eigenvalue weighted by molar-refractivity contribution is 7.99. The molecule has 0 aromatic heterocycles. The van der Waals surface area contributed by atoms with E-state index >= 15 is 0 Å². The van der Waals surface area contributed by atoms with Gasteiger partial charge in [0.25, 0.3) is 0 Å². The minimum absolute atomic E-state index is 0.0399. The summed E-state index contributed by atoms with van der Waals surface area (Å²) in [4.78, 5) is 13.6. The summed E-state index contributed by atoms with van der Waals surface area (Å²) in [5.74, 6) is 2.43. The normalized spacial score (nSPS) is 22.8. The molecule has 0 aromatic rings. The second kappa shape index (κ2) is 5.26. The number of rotatable bonds is 3. The van der Waals surface area contributed by atoms with Crippen LogP contribution in [0.4, 0.5) is 0 Å². The lowest BCUT2D eigenvalue weighted by molar-refractivity contribution is -0.135. The maximum Gasteiger partial charge on any atom is 0.226 e. The molecule has 1 aliphatic rings. The minimum Gasteiger partial charge on any atom is -0.342 e. The van der Waals surface area contributed by atoms with Crippen molar-refractivity contribution in [1.82, 2.24) is 4.90 Å². The Hall–Kier alpha value is -0.690. The molecule has 0 aliphatic carbocycles. The second-order valence-corrected chi connectivity index (χ2v) is 4.87. The van der Waals surface area contributed by atoms with Gasteiger partial charge in [0.2, 0.25) is 5.91 Å². The maximum atomic E-state index is 11.9. The standard InChI is InChI=1S/C10H16N2OS/c1-8(3-5-11)12(2)10(13)9-4-6-14-7-9/h8-9H,3-4,6-7H2,1-2H3. The lowest BCUT2D eigenvalue weighted by atomic mass is 10.1. The molecule has 0 N–H and O–H groups in total. The Morgan fingerprint density at radius 2 is 2.50 bits per heavy atom. The largest absolute Gasteiger partial charge is 0.342 e. The molecule has 1 fully saturated rings. The fourth-order valence-corrected chi connectivity index (χ4v) is 2.72. The van der Waals surface area contributed by atoms with Gasteiger partial charge in [-0.3, -0.25) is 4.79 Å². The van der Waals surface area contributed by atoms with Crippen molar-refractivity contribution < 1.29 is 4.79 Å². The Morgan fingerprint density at radius 3 is 3.00 bits per heavy atom. The van der Waals surface area contributed by atoms with Crippen LogP contribution in [-0.2, 0) is 4.79 Å². The summed E-state index contributed by atoms with van der Waals surface area (Å²) in [6.07, 6.45) is 1.41. The molecular weight excluding hydrogens is 196 g/mol. The van der Waals surface area contributed by atoms with Crippen LogP contribution >= 0.6 is 11.8 Å². The second-order valence-electron chi connectivity index (χ2n) is 3.72. The molecule has 2 unspecified atom stereocenters. The fraction of sp³-hybridized carbons (Fsp3) is 0.800. The zero-order valence-electron chi connectivity index (χ0n) is 8.69. The molecule has 0 aromatic carbocycles. The molecule has 1 saturated heterocycles. The number of amides is 1. The monoisotopic (exact) mass is 212 g/mol. The van der Waals surface area contributed by atoms with E-state index in [0.717, 1.165) is 17.9 Å². The summed E-state index contributed by atoms with van der Waals surface area (Å²) in [7, 11) is 1.80. The zero-order valence-corrected chi connectivity index (χ0v) is 9.51. The highest BCUT2D eigenvalue weighted by atomic mass is 32.2. The third kappa shape index (κ3) is 2.65.